The maximum Gasteiger partial charge on any atom is 0.148 e. The van der Waals surface area contributed by atoms with Gasteiger partial charge < -0.3 is 15.8 Å². The predicted octanol–water partition coefficient (Wildman–Crippen LogP) is 1.77. The molecule has 0 spiro atoms. The zero-order valence-corrected chi connectivity index (χ0v) is 12.5. The Balaban J connectivity index is 2.26. The maximum absolute atomic E-state index is 9.18. The minimum absolute atomic E-state index is 0.164. The van der Waals surface area contributed by atoms with E-state index in [0.717, 1.165) is 30.0 Å². The number of nitrogens with zero attached hydrogens (tertiary/aromatic N) is 2. The molecule has 1 saturated carbocycles. The Bertz CT molecular complexity index is 459. The van der Waals surface area contributed by atoms with E-state index in [1.165, 1.54) is 0 Å². The Morgan fingerprint density at radius 3 is 2.45 bits per heavy atom. The number of rotatable bonds is 7. The van der Waals surface area contributed by atoms with Crippen LogP contribution in [0.15, 0.2) is 0 Å². The summed E-state index contributed by atoms with van der Waals surface area (Å²) in [5, 5.41) is 12.6. The average molecular weight is 279 g/mol. The number of aliphatic hydroxyl groups is 1. The van der Waals surface area contributed by atoms with Crippen LogP contribution in [0.4, 0.5) is 11.6 Å². The van der Waals surface area contributed by atoms with Gasteiger partial charge in [-0.3, -0.25) is 0 Å². The third kappa shape index (κ3) is 3.37. The Labute approximate surface area is 120 Å². The number of hydrogen-bond donors (Lipinski definition) is 4. The van der Waals surface area contributed by atoms with Gasteiger partial charge in [0.1, 0.15) is 17.5 Å². The lowest BCUT2D eigenvalue weighted by molar-refractivity contribution is 0.267. The molecule has 1 unspecified atom stereocenters. The molecule has 2 rings (SSSR count). The first kappa shape index (κ1) is 15.0. The van der Waals surface area contributed by atoms with Crippen LogP contribution in [-0.4, -0.2) is 27.7 Å². The fourth-order valence-electron chi connectivity index (χ4n) is 2.23. The van der Waals surface area contributed by atoms with Crippen molar-refractivity contribution in [2.45, 2.75) is 52.0 Å². The Hall–Kier alpha value is -1.40. The molecule has 112 valence electrons. The van der Waals surface area contributed by atoms with Crippen molar-refractivity contribution in [1.82, 2.24) is 9.97 Å². The molecule has 1 aliphatic rings. The van der Waals surface area contributed by atoms with E-state index in [4.69, 9.17) is 5.84 Å². The molecule has 1 heterocycles. The second-order valence-corrected chi connectivity index (χ2v) is 5.83. The van der Waals surface area contributed by atoms with Crippen molar-refractivity contribution in [3.63, 3.8) is 0 Å². The summed E-state index contributed by atoms with van der Waals surface area (Å²) in [6, 6.07) is 0.186. The lowest BCUT2D eigenvalue weighted by atomic mass is 10.0. The smallest absolute Gasteiger partial charge is 0.148 e. The summed E-state index contributed by atoms with van der Waals surface area (Å²) < 4.78 is 0. The van der Waals surface area contributed by atoms with Gasteiger partial charge in [0.05, 0.1) is 0 Å². The van der Waals surface area contributed by atoms with Crippen LogP contribution in [0.1, 0.15) is 50.4 Å². The van der Waals surface area contributed by atoms with Crippen molar-refractivity contribution in [2.24, 2.45) is 11.8 Å². The van der Waals surface area contributed by atoms with Crippen molar-refractivity contribution < 1.29 is 5.11 Å². The lowest BCUT2D eigenvalue weighted by Gasteiger charge is -2.24. The molecule has 6 heteroatoms. The zero-order valence-electron chi connectivity index (χ0n) is 12.5. The van der Waals surface area contributed by atoms with E-state index in [9.17, 15) is 5.11 Å². The lowest BCUT2D eigenvalue weighted by Crippen LogP contribution is -2.28. The molecule has 1 aromatic rings. The molecule has 0 bridgehead atoms. The van der Waals surface area contributed by atoms with Crippen LogP contribution in [0.2, 0.25) is 0 Å². The zero-order chi connectivity index (χ0) is 14.7. The van der Waals surface area contributed by atoms with Gasteiger partial charge in [0.25, 0.3) is 0 Å². The minimum Gasteiger partial charge on any atom is -0.396 e. The van der Waals surface area contributed by atoms with E-state index in [0.29, 0.717) is 24.1 Å². The molecule has 1 aromatic heterocycles. The van der Waals surface area contributed by atoms with Gasteiger partial charge in [0.15, 0.2) is 0 Å². The van der Waals surface area contributed by atoms with Crippen LogP contribution in [-0.2, 0) is 0 Å². The fraction of sp³-hybridized carbons (Fsp3) is 0.714. The summed E-state index contributed by atoms with van der Waals surface area (Å²) in [7, 11) is 0. The Morgan fingerprint density at radius 1 is 1.30 bits per heavy atom. The van der Waals surface area contributed by atoms with Gasteiger partial charge in [-0.05, 0) is 32.1 Å². The highest BCUT2D eigenvalue weighted by Gasteiger charge is 2.28. The number of hydrogen-bond acceptors (Lipinski definition) is 6. The molecule has 20 heavy (non-hydrogen) atoms. The molecule has 1 aliphatic carbocycles. The normalized spacial score (nSPS) is 16.3. The summed E-state index contributed by atoms with van der Waals surface area (Å²) >= 11 is 0. The van der Waals surface area contributed by atoms with E-state index in [2.05, 4.69) is 34.6 Å². The van der Waals surface area contributed by atoms with Crippen molar-refractivity contribution in [3.05, 3.63) is 11.4 Å². The van der Waals surface area contributed by atoms with E-state index < -0.39 is 0 Å². The summed E-state index contributed by atoms with van der Waals surface area (Å²) in [6.07, 6.45) is 3.00. The fourth-order valence-corrected chi connectivity index (χ4v) is 2.23. The van der Waals surface area contributed by atoms with Crippen LogP contribution in [0.3, 0.4) is 0 Å². The van der Waals surface area contributed by atoms with E-state index in [-0.39, 0.29) is 12.6 Å². The first-order valence-electron chi connectivity index (χ1n) is 7.29. The SMILES string of the molecule is Cc1c(NN)nc(C2CC2)nc1NC(CCO)C(C)C. The van der Waals surface area contributed by atoms with Crippen LogP contribution in [0, 0.1) is 12.8 Å². The molecule has 0 radical (unpaired) electrons. The number of aliphatic hydroxyl groups excluding tert-OH is 1. The summed E-state index contributed by atoms with van der Waals surface area (Å²) in [4.78, 5) is 9.12. The van der Waals surface area contributed by atoms with Crippen molar-refractivity contribution >= 4 is 11.6 Å². The van der Waals surface area contributed by atoms with Gasteiger partial charge in [-0.2, -0.15) is 0 Å². The van der Waals surface area contributed by atoms with Crippen LogP contribution >= 0.6 is 0 Å². The molecule has 1 fully saturated rings. The Kier molecular flexibility index (Phi) is 4.77. The van der Waals surface area contributed by atoms with Gasteiger partial charge >= 0.3 is 0 Å². The van der Waals surface area contributed by atoms with Gasteiger partial charge in [-0.25, -0.2) is 15.8 Å². The van der Waals surface area contributed by atoms with E-state index >= 15 is 0 Å². The molecular weight excluding hydrogens is 254 g/mol. The topological polar surface area (TPSA) is 96.1 Å². The highest BCUT2D eigenvalue weighted by Crippen LogP contribution is 2.39. The second-order valence-electron chi connectivity index (χ2n) is 5.83. The van der Waals surface area contributed by atoms with Gasteiger partial charge in [0.2, 0.25) is 0 Å². The molecule has 0 aromatic carbocycles. The van der Waals surface area contributed by atoms with Gasteiger partial charge in [-0.1, -0.05) is 13.8 Å². The molecule has 0 amide bonds. The minimum atomic E-state index is 0.164. The summed E-state index contributed by atoms with van der Waals surface area (Å²) in [5.41, 5.74) is 3.57. The van der Waals surface area contributed by atoms with Crippen LogP contribution < -0.4 is 16.6 Å². The summed E-state index contributed by atoms with van der Waals surface area (Å²) in [6.45, 7) is 6.38. The number of nitrogens with one attached hydrogen (secondary N) is 2. The molecule has 5 N–H and O–H groups in total. The molecule has 6 nitrogen and oxygen atoms in total. The number of hydrazine groups is 1. The number of aromatic nitrogens is 2. The number of nitrogen functional groups attached to an aromatic ring is 1. The second kappa shape index (κ2) is 6.37. The number of anilines is 2. The predicted molar refractivity (Wildman–Crippen MR) is 80.5 cm³/mol. The maximum atomic E-state index is 9.18. The Morgan fingerprint density at radius 2 is 1.95 bits per heavy atom. The van der Waals surface area contributed by atoms with Crippen LogP contribution in [0.25, 0.3) is 0 Å². The molecular formula is C14H25N5O. The number of nitrogens with two attached hydrogens (primary N) is 1. The van der Waals surface area contributed by atoms with Gasteiger partial charge in [0, 0.05) is 24.1 Å². The molecule has 1 atom stereocenters. The van der Waals surface area contributed by atoms with Gasteiger partial charge in [-0.15, -0.1) is 0 Å². The van der Waals surface area contributed by atoms with Crippen molar-refractivity contribution in [1.29, 1.82) is 0 Å². The monoisotopic (exact) mass is 279 g/mol. The third-order valence-corrected chi connectivity index (χ3v) is 3.81. The van der Waals surface area contributed by atoms with Crippen LogP contribution in [0.5, 0.6) is 0 Å². The highest BCUT2D eigenvalue weighted by molar-refractivity contribution is 5.57. The van der Waals surface area contributed by atoms with E-state index in [1.54, 1.807) is 0 Å². The standard InChI is InChI=1S/C14H25N5O/c1-8(2)11(6-7-20)16-12-9(3)13(19-15)18-14(17-12)10-4-5-10/h8,10-11,20H,4-7,15H2,1-3H3,(H2,16,17,18,19). The first-order chi connectivity index (χ1) is 9.56. The first-order valence-corrected chi connectivity index (χ1v) is 7.29. The highest BCUT2D eigenvalue weighted by atomic mass is 16.3. The van der Waals surface area contributed by atoms with Crippen molar-refractivity contribution in [3.8, 4) is 0 Å². The molecule has 0 saturated heterocycles. The quantitative estimate of drug-likeness (QED) is 0.449. The largest absolute Gasteiger partial charge is 0.396 e. The molecule has 0 aliphatic heterocycles. The summed E-state index contributed by atoms with van der Waals surface area (Å²) in [5.74, 6) is 8.79. The average Bonchev–Trinajstić information content (AvgIpc) is 3.24. The van der Waals surface area contributed by atoms with E-state index in [1.807, 2.05) is 6.92 Å². The third-order valence-electron chi connectivity index (χ3n) is 3.81. The van der Waals surface area contributed by atoms with Crippen molar-refractivity contribution in [2.75, 3.05) is 17.3 Å².